The average molecular weight is 424 g/mol. The van der Waals surface area contributed by atoms with Crippen LogP contribution in [-0.4, -0.2) is 11.8 Å². The highest BCUT2D eigenvalue weighted by Gasteiger charge is 2.25. The summed E-state index contributed by atoms with van der Waals surface area (Å²) in [6, 6.07) is 23.9. The fourth-order valence-electron chi connectivity index (χ4n) is 4.00. The zero-order valence-corrected chi connectivity index (χ0v) is 17.2. The van der Waals surface area contributed by atoms with E-state index in [0.717, 1.165) is 16.8 Å². The molecular weight excluding hydrogens is 404 g/mol. The highest BCUT2D eigenvalue weighted by molar-refractivity contribution is 6.06. The summed E-state index contributed by atoms with van der Waals surface area (Å²) in [6.07, 6.45) is 1.01. The maximum atomic E-state index is 12.8. The Labute approximate surface area is 184 Å². The summed E-state index contributed by atoms with van der Waals surface area (Å²) < 4.78 is 5.26. The number of nitrogens with one attached hydrogen (secondary N) is 1. The minimum absolute atomic E-state index is 0.0534. The molecule has 6 nitrogen and oxygen atoms in total. The monoisotopic (exact) mass is 424 g/mol. The first-order chi connectivity index (χ1) is 15.6. The summed E-state index contributed by atoms with van der Waals surface area (Å²) in [5, 5.41) is 3.47. The van der Waals surface area contributed by atoms with Crippen LogP contribution in [0, 0.1) is 0 Å². The van der Waals surface area contributed by atoms with Crippen LogP contribution in [0.3, 0.4) is 0 Å². The molecule has 0 saturated heterocycles. The van der Waals surface area contributed by atoms with Crippen molar-refractivity contribution >= 4 is 34.2 Å². The van der Waals surface area contributed by atoms with Gasteiger partial charge in [-0.05, 0) is 47.9 Å². The van der Waals surface area contributed by atoms with Crippen molar-refractivity contribution in [3.05, 3.63) is 106 Å². The van der Waals surface area contributed by atoms with Gasteiger partial charge in [-0.1, -0.05) is 48.5 Å². The van der Waals surface area contributed by atoms with Gasteiger partial charge in [-0.2, -0.15) is 0 Å². The van der Waals surface area contributed by atoms with Crippen LogP contribution < -0.4 is 15.8 Å². The first-order valence-electron chi connectivity index (χ1n) is 10.4. The van der Waals surface area contributed by atoms with Crippen molar-refractivity contribution in [1.82, 2.24) is 0 Å². The van der Waals surface area contributed by atoms with Crippen LogP contribution in [0.25, 0.3) is 11.0 Å². The number of aryl methyl sites for hydroxylation is 1. The summed E-state index contributed by atoms with van der Waals surface area (Å²) in [5.74, 6) is -0.454. The van der Waals surface area contributed by atoms with Gasteiger partial charge in [0.05, 0.1) is 6.54 Å². The minimum atomic E-state index is -0.682. The van der Waals surface area contributed by atoms with Crippen LogP contribution >= 0.6 is 0 Å². The van der Waals surface area contributed by atoms with Gasteiger partial charge in [0.25, 0.3) is 5.91 Å². The van der Waals surface area contributed by atoms with Gasteiger partial charge in [0, 0.05) is 23.2 Å². The molecule has 1 aliphatic heterocycles. The molecule has 1 aliphatic rings. The number of benzene rings is 3. The smallest absolute Gasteiger partial charge is 0.349 e. The van der Waals surface area contributed by atoms with E-state index in [-0.39, 0.29) is 11.5 Å². The van der Waals surface area contributed by atoms with Gasteiger partial charge in [0.2, 0.25) is 5.91 Å². The van der Waals surface area contributed by atoms with Crippen LogP contribution in [0.5, 0.6) is 0 Å². The van der Waals surface area contributed by atoms with Gasteiger partial charge < -0.3 is 14.6 Å². The molecule has 0 bridgehead atoms. The molecule has 0 fully saturated rings. The van der Waals surface area contributed by atoms with Crippen molar-refractivity contribution in [3.63, 3.8) is 0 Å². The second-order valence-corrected chi connectivity index (χ2v) is 7.75. The molecule has 0 aliphatic carbocycles. The first-order valence-corrected chi connectivity index (χ1v) is 10.4. The number of anilines is 2. The lowest BCUT2D eigenvalue weighted by Gasteiger charge is -2.30. The summed E-state index contributed by atoms with van der Waals surface area (Å²) in [6.45, 7) is 0.497. The van der Waals surface area contributed by atoms with Crippen molar-refractivity contribution in [2.75, 3.05) is 10.2 Å². The van der Waals surface area contributed by atoms with Crippen LogP contribution in [0.2, 0.25) is 0 Å². The number of amides is 2. The van der Waals surface area contributed by atoms with E-state index in [1.807, 2.05) is 48.5 Å². The van der Waals surface area contributed by atoms with Crippen LogP contribution in [-0.2, 0) is 17.8 Å². The van der Waals surface area contributed by atoms with E-state index >= 15 is 0 Å². The van der Waals surface area contributed by atoms with Crippen LogP contribution in [0.1, 0.15) is 27.9 Å². The van der Waals surface area contributed by atoms with E-state index in [4.69, 9.17) is 4.42 Å². The summed E-state index contributed by atoms with van der Waals surface area (Å²) in [4.78, 5) is 39.4. The number of nitrogens with zero attached hydrogens (tertiary/aromatic N) is 1. The lowest BCUT2D eigenvalue weighted by atomic mass is 9.99. The molecule has 2 heterocycles. The fourth-order valence-corrected chi connectivity index (χ4v) is 4.00. The lowest BCUT2D eigenvalue weighted by Crippen LogP contribution is -2.34. The van der Waals surface area contributed by atoms with E-state index in [0.29, 0.717) is 36.0 Å². The van der Waals surface area contributed by atoms with Gasteiger partial charge in [-0.25, -0.2) is 4.79 Å². The Kier molecular flexibility index (Phi) is 5.03. The lowest BCUT2D eigenvalue weighted by molar-refractivity contribution is -0.119. The zero-order valence-electron chi connectivity index (χ0n) is 17.2. The second-order valence-electron chi connectivity index (χ2n) is 7.75. The summed E-state index contributed by atoms with van der Waals surface area (Å²) in [7, 11) is 0. The molecule has 158 valence electrons. The maximum Gasteiger partial charge on any atom is 0.349 e. The number of rotatable bonds is 4. The van der Waals surface area contributed by atoms with Gasteiger partial charge in [-0.15, -0.1) is 0 Å². The van der Waals surface area contributed by atoms with E-state index in [2.05, 4.69) is 5.32 Å². The normalized spacial score (nSPS) is 13.1. The third kappa shape index (κ3) is 3.78. The van der Waals surface area contributed by atoms with Crippen molar-refractivity contribution in [1.29, 1.82) is 0 Å². The number of para-hydroxylation sites is 1. The number of hydrogen-bond acceptors (Lipinski definition) is 4. The molecule has 5 rings (SSSR count). The molecule has 0 unspecified atom stereocenters. The Morgan fingerprint density at radius 3 is 2.53 bits per heavy atom. The van der Waals surface area contributed by atoms with Crippen molar-refractivity contribution in [2.45, 2.75) is 19.4 Å². The van der Waals surface area contributed by atoms with Crippen molar-refractivity contribution in [2.24, 2.45) is 0 Å². The number of carbonyl (C=O) groups excluding carboxylic acids is 2. The zero-order chi connectivity index (χ0) is 22.1. The molecule has 1 aromatic heterocycles. The highest BCUT2D eigenvalue weighted by Crippen LogP contribution is 2.31. The third-order valence-corrected chi connectivity index (χ3v) is 5.61. The Hall–Kier alpha value is -4.19. The standard InChI is InChI=1S/C26H20N2O4/c29-24-13-10-18-14-20(11-12-22(18)28(24)16-17-6-2-1-3-7-17)27-25(30)21-15-19-8-4-5-9-23(19)32-26(21)31/h1-9,11-12,14-15H,10,13,16H2,(H,27,30). The quantitative estimate of drug-likeness (QED) is 0.489. The predicted molar refractivity (Wildman–Crippen MR) is 123 cm³/mol. The average Bonchev–Trinajstić information content (AvgIpc) is 2.81. The second kappa shape index (κ2) is 8.15. The molecule has 0 radical (unpaired) electrons. The molecule has 32 heavy (non-hydrogen) atoms. The third-order valence-electron chi connectivity index (χ3n) is 5.61. The van der Waals surface area contributed by atoms with Crippen molar-refractivity contribution < 1.29 is 14.0 Å². The van der Waals surface area contributed by atoms with Gasteiger partial charge in [0.15, 0.2) is 0 Å². The van der Waals surface area contributed by atoms with Crippen LogP contribution in [0.15, 0.2) is 88.1 Å². The van der Waals surface area contributed by atoms with Crippen LogP contribution in [0.4, 0.5) is 11.4 Å². The molecule has 2 amide bonds. The molecule has 0 saturated carbocycles. The number of hydrogen-bond donors (Lipinski definition) is 1. The molecule has 4 aromatic rings. The Bertz CT molecular complexity index is 1390. The van der Waals surface area contributed by atoms with Gasteiger partial charge in [0.1, 0.15) is 11.1 Å². The molecule has 0 spiro atoms. The summed E-state index contributed by atoms with van der Waals surface area (Å²) in [5.41, 5.74) is 3.13. The molecule has 3 aromatic carbocycles. The Morgan fingerprint density at radius 1 is 0.906 bits per heavy atom. The molecule has 1 N–H and O–H groups in total. The van der Waals surface area contributed by atoms with E-state index in [1.54, 1.807) is 29.2 Å². The fraction of sp³-hybridized carbons (Fsp3) is 0.115. The Morgan fingerprint density at radius 2 is 1.69 bits per heavy atom. The largest absolute Gasteiger partial charge is 0.422 e. The predicted octanol–water partition coefficient (Wildman–Crippen LogP) is 4.52. The number of carbonyl (C=O) groups is 2. The number of fused-ring (bicyclic) bond motifs is 2. The van der Waals surface area contributed by atoms with E-state index in [9.17, 15) is 14.4 Å². The van der Waals surface area contributed by atoms with E-state index in [1.165, 1.54) is 6.07 Å². The minimum Gasteiger partial charge on any atom is -0.422 e. The first kappa shape index (κ1) is 19.8. The molecular formula is C26H20N2O4. The molecule has 0 atom stereocenters. The highest BCUT2D eigenvalue weighted by atomic mass is 16.4. The van der Waals surface area contributed by atoms with Crippen molar-refractivity contribution in [3.8, 4) is 0 Å². The topological polar surface area (TPSA) is 79.6 Å². The SMILES string of the molecule is O=C(Nc1ccc2c(c1)CCC(=O)N2Cc1ccccc1)c1cc2ccccc2oc1=O. The van der Waals surface area contributed by atoms with Gasteiger partial charge >= 0.3 is 5.63 Å². The Balaban J connectivity index is 1.40. The molecule has 6 heteroatoms. The summed E-state index contributed by atoms with van der Waals surface area (Å²) >= 11 is 0. The van der Waals surface area contributed by atoms with E-state index < -0.39 is 11.5 Å². The maximum absolute atomic E-state index is 12.8. The van der Waals surface area contributed by atoms with Gasteiger partial charge in [-0.3, -0.25) is 9.59 Å².